The number of rotatable bonds is 4. The molecule has 98 valence electrons. The molecule has 0 spiro atoms. The molecule has 5 nitrogen and oxygen atoms in total. The van der Waals surface area contributed by atoms with Crippen LogP contribution in [0.2, 0.25) is 0 Å². The zero-order chi connectivity index (χ0) is 13.8. The van der Waals surface area contributed by atoms with Crippen LogP contribution in [0.5, 0.6) is 5.75 Å². The van der Waals surface area contributed by atoms with Crippen molar-refractivity contribution in [2.75, 3.05) is 13.7 Å². The normalized spacial score (nSPS) is 10.2. The number of hydrogen-bond acceptors (Lipinski definition) is 4. The average molecular weight is 258 g/mol. The monoisotopic (exact) mass is 258 g/mol. The van der Waals surface area contributed by atoms with E-state index in [1.54, 1.807) is 12.1 Å². The van der Waals surface area contributed by atoms with Crippen LogP contribution >= 0.6 is 0 Å². The van der Waals surface area contributed by atoms with Gasteiger partial charge in [-0.25, -0.2) is 4.79 Å². The smallest absolute Gasteiger partial charge is 0.343 e. The first-order valence-electron chi connectivity index (χ1n) is 5.68. The lowest BCUT2D eigenvalue weighted by molar-refractivity contribution is -0.142. The molecule has 0 aromatic heterocycles. The maximum atomic E-state index is 11.0. The van der Waals surface area contributed by atoms with E-state index in [9.17, 15) is 4.79 Å². The predicted octanol–water partition coefficient (Wildman–Crippen LogP) is 1.68. The summed E-state index contributed by atoms with van der Waals surface area (Å²) in [7, 11) is 1.31. The van der Waals surface area contributed by atoms with E-state index in [1.165, 1.54) is 7.11 Å². The molecular weight excluding hydrogens is 244 g/mol. The highest BCUT2D eigenvalue weighted by atomic mass is 16.6. The Kier molecular flexibility index (Phi) is 3.66. The molecule has 2 aromatic rings. The van der Waals surface area contributed by atoms with Gasteiger partial charge in [-0.3, -0.25) is 5.41 Å². The molecule has 0 aliphatic carbocycles. The van der Waals surface area contributed by atoms with E-state index in [1.807, 2.05) is 24.3 Å². The van der Waals surface area contributed by atoms with E-state index in [0.717, 1.165) is 10.8 Å². The van der Waals surface area contributed by atoms with Gasteiger partial charge in [0.15, 0.2) is 6.61 Å². The molecule has 0 fully saturated rings. The van der Waals surface area contributed by atoms with Crippen LogP contribution in [0.3, 0.4) is 0 Å². The summed E-state index contributed by atoms with van der Waals surface area (Å²) >= 11 is 0. The Morgan fingerprint density at radius 2 is 1.89 bits per heavy atom. The van der Waals surface area contributed by atoms with E-state index in [2.05, 4.69) is 4.74 Å². The Balaban J connectivity index is 2.24. The zero-order valence-electron chi connectivity index (χ0n) is 10.5. The summed E-state index contributed by atoms with van der Waals surface area (Å²) in [5, 5.41) is 9.30. The molecular formula is C14H14N2O3. The van der Waals surface area contributed by atoms with Gasteiger partial charge in [-0.2, -0.15) is 0 Å². The Hall–Kier alpha value is -2.56. The SMILES string of the molecule is COC(=O)COc1ccc2cc(C(=N)N)ccc2c1. The largest absolute Gasteiger partial charge is 0.482 e. The first kappa shape index (κ1) is 12.9. The molecule has 0 bridgehead atoms. The summed E-state index contributed by atoms with van der Waals surface area (Å²) in [5.74, 6) is 0.202. The van der Waals surface area contributed by atoms with Crippen LogP contribution in [0.25, 0.3) is 10.8 Å². The minimum absolute atomic E-state index is 0.0351. The second kappa shape index (κ2) is 5.39. The third-order valence-electron chi connectivity index (χ3n) is 2.71. The molecule has 0 atom stereocenters. The second-order valence-corrected chi connectivity index (χ2v) is 4.00. The topological polar surface area (TPSA) is 85.4 Å². The Morgan fingerprint density at radius 3 is 2.58 bits per heavy atom. The van der Waals surface area contributed by atoms with Crippen molar-refractivity contribution in [1.82, 2.24) is 0 Å². The Morgan fingerprint density at radius 1 is 1.21 bits per heavy atom. The van der Waals surface area contributed by atoms with Crippen LogP contribution in [-0.4, -0.2) is 25.5 Å². The number of amidine groups is 1. The number of ether oxygens (including phenoxy) is 2. The molecule has 2 rings (SSSR count). The molecule has 0 unspecified atom stereocenters. The van der Waals surface area contributed by atoms with E-state index < -0.39 is 5.97 Å². The summed E-state index contributed by atoms with van der Waals surface area (Å²) in [4.78, 5) is 11.0. The minimum Gasteiger partial charge on any atom is -0.482 e. The Labute approximate surface area is 110 Å². The lowest BCUT2D eigenvalue weighted by atomic mass is 10.1. The summed E-state index contributed by atoms with van der Waals surface area (Å²) in [6.45, 7) is -0.118. The van der Waals surface area contributed by atoms with Crippen molar-refractivity contribution < 1.29 is 14.3 Å². The summed E-state index contributed by atoms with van der Waals surface area (Å²) in [6.07, 6.45) is 0. The summed E-state index contributed by atoms with van der Waals surface area (Å²) in [6, 6.07) is 10.9. The van der Waals surface area contributed by atoms with Crippen LogP contribution in [0.4, 0.5) is 0 Å². The number of hydrogen-bond donors (Lipinski definition) is 2. The van der Waals surface area contributed by atoms with E-state index in [-0.39, 0.29) is 12.4 Å². The van der Waals surface area contributed by atoms with Gasteiger partial charge >= 0.3 is 5.97 Å². The molecule has 0 aliphatic heterocycles. The van der Waals surface area contributed by atoms with Gasteiger partial charge in [-0.15, -0.1) is 0 Å². The number of carbonyl (C=O) groups excluding carboxylic acids is 1. The lowest BCUT2D eigenvalue weighted by Crippen LogP contribution is -2.12. The predicted molar refractivity (Wildman–Crippen MR) is 72.5 cm³/mol. The van der Waals surface area contributed by atoms with Crippen LogP contribution in [0.1, 0.15) is 5.56 Å². The fourth-order valence-corrected chi connectivity index (χ4v) is 1.68. The molecule has 0 heterocycles. The van der Waals surface area contributed by atoms with Crippen molar-refractivity contribution in [3.8, 4) is 5.75 Å². The highest BCUT2D eigenvalue weighted by Gasteiger charge is 2.04. The molecule has 0 saturated carbocycles. The number of esters is 1. The third-order valence-corrected chi connectivity index (χ3v) is 2.71. The van der Waals surface area contributed by atoms with E-state index in [0.29, 0.717) is 11.3 Å². The van der Waals surface area contributed by atoms with Crippen molar-refractivity contribution in [3.05, 3.63) is 42.0 Å². The van der Waals surface area contributed by atoms with Gasteiger partial charge in [0.05, 0.1) is 7.11 Å². The summed E-state index contributed by atoms with van der Waals surface area (Å²) < 4.78 is 9.80. The number of nitrogens with two attached hydrogens (primary N) is 1. The van der Waals surface area contributed by atoms with Crippen LogP contribution in [-0.2, 0) is 9.53 Å². The standard InChI is InChI=1S/C14H14N2O3/c1-18-13(17)8-19-12-5-4-9-6-11(14(15)16)3-2-10(9)7-12/h2-7H,8H2,1H3,(H3,15,16). The van der Waals surface area contributed by atoms with Gasteiger partial charge < -0.3 is 15.2 Å². The number of carbonyl (C=O) groups is 1. The van der Waals surface area contributed by atoms with E-state index >= 15 is 0 Å². The fourth-order valence-electron chi connectivity index (χ4n) is 1.68. The molecule has 0 amide bonds. The van der Waals surface area contributed by atoms with Crippen molar-refractivity contribution in [3.63, 3.8) is 0 Å². The highest BCUT2D eigenvalue weighted by Crippen LogP contribution is 2.22. The van der Waals surface area contributed by atoms with Crippen molar-refractivity contribution in [2.45, 2.75) is 0 Å². The number of fused-ring (bicyclic) bond motifs is 1. The van der Waals surface area contributed by atoms with E-state index in [4.69, 9.17) is 15.9 Å². The second-order valence-electron chi connectivity index (χ2n) is 4.00. The Bertz CT molecular complexity index is 638. The van der Waals surface area contributed by atoms with Crippen molar-refractivity contribution in [2.24, 2.45) is 5.73 Å². The molecule has 0 saturated heterocycles. The fraction of sp³-hybridized carbons (Fsp3) is 0.143. The minimum atomic E-state index is -0.424. The third kappa shape index (κ3) is 3.01. The average Bonchev–Trinajstić information content (AvgIpc) is 2.43. The number of methoxy groups -OCH3 is 1. The molecule has 3 N–H and O–H groups in total. The number of nitrogens with one attached hydrogen (secondary N) is 1. The number of benzene rings is 2. The first-order chi connectivity index (χ1) is 9.10. The van der Waals surface area contributed by atoms with Gasteiger partial charge in [0.1, 0.15) is 11.6 Å². The molecule has 19 heavy (non-hydrogen) atoms. The molecule has 2 aromatic carbocycles. The van der Waals surface area contributed by atoms with Crippen LogP contribution < -0.4 is 10.5 Å². The lowest BCUT2D eigenvalue weighted by Gasteiger charge is -2.07. The van der Waals surface area contributed by atoms with Crippen molar-refractivity contribution in [1.29, 1.82) is 5.41 Å². The maximum Gasteiger partial charge on any atom is 0.343 e. The molecule has 0 radical (unpaired) electrons. The van der Waals surface area contributed by atoms with Gasteiger partial charge in [-0.05, 0) is 29.0 Å². The first-order valence-corrected chi connectivity index (χ1v) is 5.68. The molecule has 0 aliphatic rings. The maximum absolute atomic E-state index is 11.0. The quantitative estimate of drug-likeness (QED) is 0.496. The van der Waals surface area contributed by atoms with Crippen LogP contribution in [0, 0.1) is 5.41 Å². The zero-order valence-corrected chi connectivity index (χ0v) is 10.5. The molecule has 5 heteroatoms. The van der Waals surface area contributed by atoms with Gasteiger partial charge in [0.25, 0.3) is 0 Å². The van der Waals surface area contributed by atoms with Crippen LogP contribution in [0.15, 0.2) is 36.4 Å². The van der Waals surface area contributed by atoms with Gasteiger partial charge in [0.2, 0.25) is 0 Å². The van der Waals surface area contributed by atoms with Crippen molar-refractivity contribution >= 4 is 22.6 Å². The van der Waals surface area contributed by atoms with Gasteiger partial charge in [0, 0.05) is 5.56 Å². The van der Waals surface area contributed by atoms with Gasteiger partial charge in [-0.1, -0.05) is 18.2 Å². The summed E-state index contributed by atoms with van der Waals surface area (Å²) in [5.41, 5.74) is 6.11. The highest BCUT2D eigenvalue weighted by molar-refractivity contribution is 5.99. The number of nitrogen functional groups attached to an aromatic ring is 1.